The van der Waals surface area contributed by atoms with Gasteiger partial charge in [0.1, 0.15) is 5.75 Å². The maximum absolute atomic E-state index is 12.4. The van der Waals surface area contributed by atoms with Gasteiger partial charge in [0.25, 0.3) is 0 Å². The molecule has 0 aliphatic carbocycles. The Labute approximate surface area is 136 Å². The number of methoxy groups -OCH3 is 1. The molecule has 0 saturated carbocycles. The van der Waals surface area contributed by atoms with Gasteiger partial charge in [-0.3, -0.25) is 4.79 Å². The number of likely N-dealkylation sites (tertiary alicyclic amines) is 1. The number of hydrogen-bond acceptors (Lipinski definition) is 4. The quantitative estimate of drug-likeness (QED) is 0.870. The van der Waals surface area contributed by atoms with Gasteiger partial charge < -0.3 is 14.2 Å². The minimum Gasteiger partial charge on any atom is -0.497 e. The van der Waals surface area contributed by atoms with Crippen molar-refractivity contribution in [3.05, 3.63) is 36.0 Å². The first-order valence-electron chi connectivity index (χ1n) is 8.03. The van der Waals surface area contributed by atoms with Gasteiger partial charge in [0.05, 0.1) is 19.2 Å². The van der Waals surface area contributed by atoms with E-state index < -0.39 is 0 Å². The maximum atomic E-state index is 12.4. The van der Waals surface area contributed by atoms with E-state index in [1.165, 1.54) is 6.42 Å². The number of benzene rings is 1. The molecule has 1 amide bonds. The summed E-state index contributed by atoms with van der Waals surface area (Å²) in [4.78, 5) is 14.3. The van der Waals surface area contributed by atoms with Crippen molar-refractivity contribution in [3.63, 3.8) is 0 Å². The zero-order valence-electron chi connectivity index (χ0n) is 13.6. The molecule has 1 aromatic carbocycles. The fraction of sp³-hybridized carbons (Fsp3) is 0.444. The van der Waals surface area contributed by atoms with Crippen LogP contribution < -0.4 is 4.74 Å². The molecule has 0 N–H and O–H groups in total. The Morgan fingerprint density at radius 3 is 2.87 bits per heavy atom. The Kier molecular flexibility index (Phi) is 4.65. The number of piperidine rings is 1. The van der Waals surface area contributed by atoms with Crippen molar-refractivity contribution in [2.45, 2.75) is 26.2 Å². The molecule has 5 nitrogen and oxygen atoms in total. The van der Waals surface area contributed by atoms with E-state index in [9.17, 15) is 4.79 Å². The molecule has 23 heavy (non-hydrogen) atoms. The highest BCUT2D eigenvalue weighted by Crippen LogP contribution is 2.24. The monoisotopic (exact) mass is 314 g/mol. The summed E-state index contributed by atoms with van der Waals surface area (Å²) < 4.78 is 10.5. The average Bonchev–Trinajstić information content (AvgIpc) is 3.03. The third kappa shape index (κ3) is 3.73. The van der Waals surface area contributed by atoms with E-state index in [-0.39, 0.29) is 5.91 Å². The van der Waals surface area contributed by atoms with Crippen LogP contribution >= 0.6 is 0 Å². The predicted molar refractivity (Wildman–Crippen MR) is 87.2 cm³/mol. The SMILES string of the molecule is COc1ccc(-c2cc(CC(=O)N3CCC[C@@H](C)C3)no2)cc1. The molecular formula is C18H22N2O3. The lowest BCUT2D eigenvalue weighted by atomic mass is 10.00. The summed E-state index contributed by atoms with van der Waals surface area (Å²) in [6.07, 6.45) is 2.59. The topological polar surface area (TPSA) is 55.6 Å². The minimum absolute atomic E-state index is 0.131. The number of amides is 1. The van der Waals surface area contributed by atoms with Gasteiger partial charge in [0, 0.05) is 24.7 Å². The molecular weight excluding hydrogens is 292 g/mol. The van der Waals surface area contributed by atoms with Gasteiger partial charge in [-0.25, -0.2) is 0 Å². The largest absolute Gasteiger partial charge is 0.497 e. The third-order valence-corrected chi connectivity index (χ3v) is 4.28. The summed E-state index contributed by atoms with van der Waals surface area (Å²) in [7, 11) is 1.63. The van der Waals surface area contributed by atoms with Crippen LogP contribution in [0, 0.1) is 5.92 Å². The highest BCUT2D eigenvalue weighted by atomic mass is 16.5. The van der Waals surface area contributed by atoms with E-state index in [0.29, 0.717) is 23.8 Å². The molecule has 0 spiro atoms. The molecule has 122 valence electrons. The molecule has 5 heteroatoms. The highest BCUT2D eigenvalue weighted by molar-refractivity contribution is 5.78. The Bertz CT molecular complexity index is 663. The minimum atomic E-state index is 0.131. The number of hydrogen-bond donors (Lipinski definition) is 0. The van der Waals surface area contributed by atoms with Crippen LogP contribution in [0.15, 0.2) is 34.9 Å². The van der Waals surface area contributed by atoms with Gasteiger partial charge in [-0.05, 0) is 43.0 Å². The molecule has 1 saturated heterocycles. The number of carbonyl (C=O) groups is 1. The summed E-state index contributed by atoms with van der Waals surface area (Å²) in [6, 6.07) is 9.41. The number of carbonyl (C=O) groups excluding carboxylic acids is 1. The average molecular weight is 314 g/mol. The first kappa shape index (κ1) is 15.6. The summed E-state index contributed by atoms with van der Waals surface area (Å²) in [5.74, 6) is 2.18. The van der Waals surface area contributed by atoms with Crippen molar-refractivity contribution in [3.8, 4) is 17.1 Å². The lowest BCUT2D eigenvalue weighted by molar-refractivity contribution is -0.132. The highest BCUT2D eigenvalue weighted by Gasteiger charge is 2.22. The smallest absolute Gasteiger partial charge is 0.228 e. The van der Waals surface area contributed by atoms with Gasteiger partial charge in [-0.15, -0.1) is 0 Å². The maximum Gasteiger partial charge on any atom is 0.228 e. The standard InChI is InChI=1S/C18H22N2O3/c1-13-4-3-9-20(12-13)18(21)11-15-10-17(23-19-15)14-5-7-16(22-2)8-6-14/h5-8,10,13H,3-4,9,11-12H2,1-2H3/t13-/m1/s1. The Hall–Kier alpha value is -2.30. The van der Waals surface area contributed by atoms with Crippen LogP contribution in [0.25, 0.3) is 11.3 Å². The molecule has 1 fully saturated rings. The van der Waals surface area contributed by atoms with Crippen LogP contribution in [0.1, 0.15) is 25.5 Å². The second-order valence-corrected chi connectivity index (χ2v) is 6.17. The fourth-order valence-electron chi connectivity index (χ4n) is 2.97. The zero-order valence-corrected chi connectivity index (χ0v) is 13.6. The van der Waals surface area contributed by atoms with Crippen molar-refractivity contribution in [1.29, 1.82) is 0 Å². The zero-order chi connectivity index (χ0) is 16.2. The Morgan fingerprint density at radius 1 is 1.39 bits per heavy atom. The van der Waals surface area contributed by atoms with E-state index in [1.807, 2.05) is 35.2 Å². The summed E-state index contributed by atoms with van der Waals surface area (Å²) in [5.41, 5.74) is 1.60. The number of rotatable bonds is 4. The third-order valence-electron chi connectivity index (χ3n) is 4.28. The molecule has 3 rings (SSSR count). The summed E-state index contributed by atoms with van der Waals surface area (Å²) >= 11 is 0. The first-order chi connectivity index (χ1) is 11.2. The van der Waals surface area contributed by atoms with E-state index in [4.69, 9.17) is 9.26 Å². The second kappa shape index (κ2) is 6.86. The van der Waals surface area contributed by atoms with Gasteiger partial charge in [0.2, 0.25) is 5.91 Å². The predicted octanol–water partition coefficient (Wildman–Crippen LogP) is 3.15. The van der Waals surface area contributed by atoms with Crippen molar-refractivity contribution in [2.75, 3.05) is 20.2 Å². The van der Waals surface area contributed by atoms with Crippen LogP contribution in [0.3, 0.4) is 0 Å². The molecule has 0 unspecified atom stereocenters. The summed E-state index contributed by atoms with van der Waals surface area (Å²) in [5, 5.41) is 4.04. The van der Waals surface area contributed by atoms with Crippen LogP contribution in [-0.4, -0.2) is 36.2 Å². The number of nitrogens with zero attached hydrogens (tertiary/aromatic N) is 2. The summed E-state index contributed by atoms with van der Waals surface area (Å²) in [6.45, 7) is 3.89. The molecule has 1 aliphatic rings. The molecule has 2 aromatic rings. The van der Waals surface area contributed by atoms with Gasteiger partial charge in [0.15, 0.2) is 5.76 Å². The van der Waals surface area contributed by atoms with Crippen LogP contribution in [0.5, 0.6) is 5.75 Å². The van der Waals surface area contributed by atoms with E-state index in [2.05, 4.69) is 12.1 Å². The molecule has 1 aromatic heterocycles. The van der Waals surface area contributed by atoms with Crippen molar-refractivity contribution in [2.24, 2.45) is 5.92 Å². The first-order valence-corrected chi connectivity index (χ1v) is 8.03. The van der Waals surface area contributed by atoms with Crippen molar-refractivity contribution >= 4 is 5.91 Å². The Morgan fingerprint density at radius 2 is 2.17 bits per heavy atom. The second-order valence-electron chi connectivity index (χ2n) is 6.17. The fourth-order valence-corrected chi connectivity index (χ4v) is 2.97. The lowest BCUT2D eigenvalue weighted by Gasteiger charge is -2.30. The molecule has 0 radical (unpaired) electrons. The lowest BCUT2D eigenvalue weighted by Crippen LogP contribution is -2.39. The van der Waals surface area contributed by atoms with Crippen LogP contribution in [0.4, 0.5) is 0 Å². The van der Waals surface area contributed by atoms with E-state index in [1.54, 1.807) is 7.11 Å². The van der Waals surface area contributed by atoms with E-state index >= 15 is 0 Å². The van der Waals surface area contributed by atoms with Crippen molar-refractivity contribution < 1.29 is 14.1 Å². The van der Waals surface area contributed by atoms with Crippen LogP contribution in [-0.2, 0) is 11.2 Å². The Balaban J connectivity index is 1.65. The molecule has 1 atom stereocenters. The molecule has 2 heterocycles. The molecule has 1 aliphatic heterocycles. The number of ether oxygens (including phenoxy) is 1. The van der Waals surface area contributed by atoms with Gasteiger partial charge in [-0.1, -0.05) is 12.1 Å². The van der Waals surface area contributed by atoms with E-state index in [0.717, 1.165) is 30.8 Å². The number of aromatic nitrogens is 1. The van der Waals surface area contributed by atoms with Gasteiger partial charge >= 0.3 is 0 Å². The normalized spacial score (nSPS) is 18.0. The molecule has 0 bridgehead atoms. The van der Waals surface area contributed by atoms with Crippen LogP contribution in [0.2, 0.25) is 0 Å². The van der Waals surface area contributed by atoms with Gasteiger partial charge in [-0.2, -0.15) is 0 Å². The van der Waals surface area contributed by atoms with Crippen molar-refractivity contribution in [1.82, 2.24) is 10.1 Å².